The van der Waals surface area contributed by atoms with Crippen LogP contribution >= 0.6 is 0 Å². The largest absolute Gasteiger partial charge is 0.486 e. The molecule has 5 nitrogen and oxygen atoms in total. The highest BCUT2D eigenvalue weighted by Crippen LogP contribution is 2.32. The molecule has 0 fully saturated rings. The molecule has 154 valence electrons. The van der Waals surface area contributed by atoms with Gasteiger partial charge in [-0.25, -0.2) is 22.5 Å². The molecule has 0 saturated carbocycles. The molecule has 1 aromatic heterocycles. The van der Waals surface area contributed by atoms with E-state index in [4.69, 9.17) is 9.47 Å². The second-order valence-corrected chi connectivity index (χ2v) is 7.48. The lowest BCUT2D eigenvalue weighted by molar-refractivity contribution is 0.0532. The molecule has 0 radical (unpaired) electrons. The molecule has 0 amide bonds. The number of benzene rings is 2. The number of fused-ring (bicyclic) bond motifs is 1. The molecule has 3 aromatic rings. The minimum absolute atomic E-state index is 0.0470. The van der Waals surface area contributed by atoms with Gasteiger partial charge in [0.2, 0.25) is 0 Å². The summed E-state index contributed by atoms with van der Waals surface area (Å²) in [4.78, 5) is 12.7. The molecule has 0 bridgehead atoms. The summed E-state index contributed by atoms with van der Waals surface area (Å²) in [6.45, 7) is 4.23. The van der Waals surface area contributed by atoms with Crippen LogP contribution in [0.5, 0.6) is 5.75 Å². The van der Waals surface area contributed by atoms with E-state index in [0.717, 1.165) is 16.7 Å². The predicted octanol–water partition coefficient (Wildman–Crippen LogP) is 4.91. The molecule has 0 aliphatic rings. The van der Waals surface area contributed by atoms with E-state index >= 15 is 0 Å². The van der Waals surface area contributed by atoms with E-state index in [0.29, 0.717) is 11.5 Å². The maximum absolute atomic E-state index is 14.1. The Morgan fingerprint density at radius 1 is 1.07 bits per heavy atom. The number of carbonyl (C=O) groups excluding carboxylic acids is 1. The van der Waals surface area contributed by atoms with E-state index in [1.54, 1.807) is 20.8 Å². The van der Waals surface area contributed by atoms with Crippen molar-refractivity contribution in [1.29, 1.82) is 0 Å². The Balaban J connectivity index is 2.06. The van der Waals surface area contributed by atoms with Crippen LogP contribution in [0, 0.1) is 17.5 Å². The van der Waals surface area contributed by atoms with Gasteiger partial charge in [-0.15, -0.1) is 0 Å². The third-order valence-electron chi connectivity index (χ3n) is 4.04. The number of aliphatic hydroxyl groups excluding tert-OH is 1. The van der Waals surface area contributed by atoms with Gasteiger partial charge in [-0.05, 0) is 45.0 Å². The molecule has 1 heterocycles. The Bertz CT molecular complexity index is 1070. The zero-order chi connectivity index (χ0) is 21.3. The van der Waals surface area contributed by atoms with Crippen LogP contribution in [0.2, 0.25) is 0 Å². The van der Waals surface area contributed by atoms with Gasteiger partial charge in [0.25, 0.3) is 0 Å². The van der Waals surface area contributed by atoms with E-state index in [2.05, 4.69) is 0 Å². The highest BCUT2D eigenvalue weighted by Gasteiger charge is 2.24. The standard InChI is InChI=1S/C21H20F3NO4/c1-21(2,3)29-20(27)25-16(10-26)7-13-6-15(23)9-18(19(13)25)28-11-12-4-5-14(22)8-17(12)24/h4-9,26H,10-11H2,1-3H3. The fourth-order valence-electron chi connectivity index (χ4n) is 2.87. The monoisotopic (exact) mass is 407 g/mol. The summed E-state index contributed by atoms with van der Waals surface area (Å²) in [5, 5.41) is 9.95. The number of ether oxygens (including phenoxy) is 2. The van der Waals surface area contributed by atoms with Gasteiger partial charge in [0.1, 0.15) is 40.9 Å². The molecular weight excluding hydrogens is 387 g/mol. The van der Waals surface area contributed by atoms with E-state index in [-0.39, 0.29) is 29.1 Å². The normalized spacial score (nSPS) is 11.7. The molecule has 1 N–H and O–H groups in total. The summed E-state index contributed by atoms with van der Waals surface area (Å²) in [6.07, 6.45) is -0.777. The number of aliphatic hydroxyl groups is 1. The molecule has 0 unspecified atom stereocenters. The van der Waals surface area contributed by atoms with Crippen LogP contribution in [0.25, 0.3) is 10.9 Å². The summed E-state index contributed by atoms with van der Waals surface area (Å²) < 4.78 is 53.1. The summed E-state index contributed by atoms with van der Waals surface area (Å²) in [7, 11) is 0. The highest BCUT2D eigenvalue weighted by atomic mass is 19.1. The van der Waals surface area contributed by atoms with Crippen molar-refractivity contribution in [3.8, 4) is 5.75 Å². The van der Waals surface area contributed by atoms with Gasteiger partial charge >= 0.3 is 6.09 Å². The Labute approximate surface area is 165 Å². The van der Waals surface area contributed by atoms with Gasteiger partial charge in [0.15, 0.2) is 0 Å². The number of aromatic nitrogens is 1. The zero-order valence-electron chi connectivity index (χ0n) is 16.1. The summed E-state index contributed by atoms with van der Waals surface area (Å²) in [5.41, 5.74) is -0.398. The smallest absolute Gasteiger partial charge is 0.419 e. The van der Waals surface area contributed by atoms with Crippen LogP contribution in [0.3, 0.4) is 0 Å². The van der Waals surface area contributed by atoms with Crippen LogP contribution in [0.4, 0.5) is 18.0 Å². The van der Waals surface area contributed by atoms with Gasteiger partial charge in [-0.3, -0.25) is 0 Å². The lowest BCUT2D eigenvalue weighted by Gasteiger charge is -2.21. The molecule has 8 heteroatoms. The number of nitrogens with zero attached hydrogens (tertiary/aromatic N) is 1. The van der Waals surface area contributed by atoms with E-state index in [1.165, 1.54) is 18.2 Å². The van der Waals surface area contributed by atoms with Gasteiger partial charge in [-0.2, -0.15) is 0 Å². The van der Waals surface area contributed by atoms with Crippen molar-refractivity contribution in [3.63, 3.8) is 0 Å². The third kappa shape index (κ3) is 4.54. The average molecular weight is 407 g/mol. The molecule has 0 aliphatic carbocycles. The first-order valence-electron chi connectivity index (χ1n) is 8.84. The van der Waals surface area contributed by atoms with Crippen molar-refractivity contribution in [2.45, 2.75) is 39.6 Å². The van der Waals surface area contributed by atoms with E-state index in [9.17, 15) is 23.1 Å². The van der Waals surface area contributed by atoms with Crippen molar-refractivity contribution >= 4 is 17.0 Å². The van der Waals surface area contributed by atoms with Gasteiger partial charge in [-0.1, -0.05) is 0 Å². The van der Waals surface area contributed by atoms with Crippen molar-refractivity contribution in [1.82, 2.24) is 4.57 Å². The van der Waals surface area contributed by atoms with Crippen LogP contribution < -0.4 is 4.74 Å². The number of carbonyl (C=O) groups is 1. The first kappa shape index (κ1) is 20.7. The molecule has 2 aromatic carbocycles. The summed E-state index contributed by atoms with van der Waals surface area (Å²) >= 11 is 0. The van der Waals surface area contributed by atoms with Crippen molar-refractivity contribution < 1.29 is 32.5 Å². The van der Waals surface area contributed by atoms with Crippen LogP contribution in [-0.2, 0) is 18.0 Å². The van der Waals surface area contributed by atoms with Crippen LogP contribution in [0.15, 0.2) is 36.4 Å². The highest BCUT2D eigenvalue weighted by molar-refractivity contribution is 5.95. The minimum Gasteiger partial charge on any atom is -0.486 e. The number of rotatable bonds is 4. The van der Waals surface area contributed by atoms with Crippen molar-refractivity contribution in [2.24, 2.45) is 0 Å². The molecule has 0 spiro atoms. The number of hydrogen-bond donors (Lipinski definition) is 1. The zero-order valence-corrected chi connectivity index (χ0v) is 16.1. The fraction of sp³-hybridized carbons (Fsp3) is 0.286. The molecule has 0 aliphatic heterocycles. The van der Waals surface area contributed by atoms with Gasteiger partial charge < -0.3 is 14.6 Å². The molecule has 29 heavy (non-hydrogen) atoms. The first-order valence-corrected chi connectivity index (χ1v) is 8.84. The summed E-state index contributed by atoms with van der Waals surface area (Å²) in [5.74, 6) is -2.23. The second kappa shape index (κ2) is 7.79. The van der Waals surface area contributed by atoms with Gasteiger partial charge in [0.05, 0.1) is 12.3 Å². The second-order valence-electron chi connectivity index (χ2n) is 7.48. The first-order chi connectivity index (χ1) is 13.6. The molecule has 3 rings (SSSR count). The SMILES string of the molecule is CC(C)(C)OC(=O)n1c(CO)cc2cc(F)cc(OCc3ccc(F)cc3F)c21. The molecule has 0 atom stereocenters. The lowest BCUT2D eigenvalue weighted by Crippen LogP contribution is -2.28. The average Bonchev–Trinajstić information content (AvgIpc) is 2.97. The van der Waals surface area contributed by atoms with E-state index < -0.39 is 35.8 Å². The quantitative estimate of drug-likeness (QED) is 0.667. The Hall–Kier alpha value is -3.00. The molecule has 0 saturated heterocycles. The lowest BCUT2D eigenvalue weighted by atomic mass is 10.2. The predicted molar refractivity (Wildman–Crippen MR) is 100 cm³/mol. The maximum Gasteiger partial charge on any atom is 0.419 e. The van der Waals surface area contributed by atoms with Gasteiger partial charge in [0, 0.05) is 23.1 Å². The van der Waals surface area contributed by atoms with Crippen molar-refractivity contribution in [3.05, 3.63) is 65.1 Å². The maximum atomic E-state index is 14.1. The van der Waals surface area contributed by atoms with Crippen molar-refractivity contribution in [2.75, 3.05) is 0 Å². The third-order valence-corrected chi connectivity index (χ3v) is 4.04. The van der Waals surface area contributed by atoms with E-state index in [1.807, 2.05) is 0 Å². The number of hydrogen-bond acceptors (Lipinski definition) is 4. The molecular formula is C21H20F3NO4. The van der Waals surface area contributed by atoms with Crippen LogP contribution in [0.1, 0.15) is 32.0 Å². The van der Waals surface area contributed by atoms with Crippen LogP contribution in [-0.4, -0.2) is 21.4 Å². The number of halogens is 3. The topological polar surface area (TPSA) is 60.7 Å². The Morgan fingerprint density at radius 3 is 2.41 bits per heavy atom. The Kier molecular flexibility index (Phi) is 5.57. The fourth-order valence-corrected chi connectivity index (χ4v) is 2.87. The minimum atomic E-state index is -0.809. The summed E-state index contributed by atoms with van der Waals surface area (Å²) in [6, 6.07) is 6.68. The Morgan fingerprint density at radius 2 is 1.79 bits per heavy atom.